The first-order valence-electron chi connectivity index (χ1n) is 6.39. The Kier molecular flexibility index (Phi) is 4.45. The smallest absolute Gasteiger partial charge is 0.253 e. The number of nitrogens with zero attached hydrogens (tertiary/aromatic N) is 1. The van der Waals surface area contributed by atoms with E-state index in [9.17, 15) is 4.79 Å². The summed E-state index contributed by atoms with van der Waals surface area (Å²) in [5, 5.41) is 0. The molecule has 0 aliphatic carbocycles. The van der Waals surface area contributed by atoms with Crippen LogP contribution in [0, 0.1) is 5.41 Å². The molecule has 4 heteroatoms. The number of anilines is 1. The van der Waals surface area contributed by atoms with E-state index in [1.54, 1.807) is 30.2 Å². The van der Waals surface area contributed by atoms with Crippen molar-refractivity contribution in [3.05, 3.63) is 23.8 Å². The number of hydrogen-bond acceptors (Lipinski definition) is 3. The predicted molar refractivity (Wildman–Crippen MR) is 78.4 cm³/mol. The zero-order chi connectivity index (χ0) is 14.8. The Balaban J connectivity index is 3.01. The van der Waals surface area contributed by atoms with Gasteiger partial charge in [0.25, 0.3) is 5.91 Å². The van der Waals surface area contributed by atoms with Crippen molar-refractivity contribution in [2.75, 3.05) is 19.9 Å². The van der Waals surface area contributed by atoms with Crippen molar-refractivity contribution in [3.8, 4) is 5.75 Å². The maximum Gasteiger partial charge on any atom is 0.253 e. The second-order valence-electron chi connectivity index (χ2n) is 5.91. The molecule has 0 spiro atoms. The number of methoxy groups -OCH3 is 1. The van der Waals surface area contributed by atoms with E-state index in [0.717, 1.165) is 0 Å². The molecule has 4 nitrogen and oxygen atoms in total. The maximum atomic E-state index is 12.4. The largest absolute Gasteiger partial charge is 0.495 e. The van der Waals surface area contributed by atoms with Crippen molar-refractivity contribution in [3.63, 3.8) is 0 Å². The van der Waals surface area contributed by atoms with Gasteiger partial charge in [-0.05, 0) is 30.5 Å². The molecule has 1 amide bonds. The summed E-state index contributed by atoms with van der Waals surface area (Å²) in [6.07, 6.45) is 0. The summed E-state index contributed by atoms with van der Waals surface area (Å²) in [6.45, 7) is 8.40. The SMILES string of the molecule is COc1cc(C(=O)N(C)C(C)C(C)(C)C)ccc1N. The van der Waals surface area contributed by atoms with Crippen molar-refractivity contribution < 1.29 is 9.53 Å². The second kappa shape index (κ2) is 5.51. The van der Waals surface area contributed by atoms with E-state index in [-0.39, 0.29) is 17.4 Å². The van der Waals surface area contributed by atoms with Gasteiger partial charge >= 0.3 is 0 Å². The Hall–Kier alpha value is -1.71. The third-order valence-corrected chi connectivity index (χ3v) is 3.64. The van der Waals surface area contributed by atoms with Gasteiger partial charge in [0, 0.05) is 18.7 Å². The summed E-state index contributed by atoms with van der Waals surface area (Å²) in [5.41, 5.74) is 6.91. The monoisotopic (exact) mass is 264 g/mol. The van der Waals surface area contributed by atoms with Crippen molar-refractivity contribution in [1.29, 1.82) is 0 Å². The summed E-state index contributed by atoms with van der Waals surface area (Å²) in [6, 6.07) is 5.24. The Labute approximate surface area is 115 Å². The van der Waals surface area contributed by atoms with Crippen molar-refractivity contribution in [1.82, 2.24) is 4.90 Å². The van der Waals surface area contributed by atoms with E-state index in [1.807, 2.05) is 14.0 Å². The predicted octanol–water partition coefficient (Wildman–Crippen LogP) is 2.78. The summed E-state index contributed by atoms with van der Waals surface area (Å²) >= 11 is 0. The Morgan fingerprint density at radius 1 is 1.37 bits per heavy atom. The molecule has 0 radical (unpaired) electrons. The minimum absolute atomic E-state index is 0.0271. The molecule has 0 bridgehead atoms. The topological polar surface area (TPSA) is 55.6 Å². The van der Waals surface area contributed by atoms with Crippen LogP contribution in [-0.2, 0) is 0 Å². The number of benzene rings is 1. The molecule has 1 unspecified atom stereocenters. The maximum absolute atomic E-state index is 12.4. The van der Waals surface area contributed by atoms with Gasteiger partial charge in [-0.1, -0.05) is 20.8 Å². The molecule has 1 aromatic rings. The van der Waals surface area contributed by atoms with E-state index in [1.165, 1.54) is 0 Å². The first-order valence-corrected chi connectivity index (χ1v) is 6.39. The number of amides is 1. The minimum Gasteiger partial charge on any atom is -0.495 e. The summed E-state index contributed by atoms with van der Waals surface area (Å²) in [7, 11) is 3.36. The molecule has 2 N–H and O–H groups in total. The van der Waals surface area contributed by atoms with E-state index in [0.29, 0.717) is 17.0 Å². The van der Waals surface area contributed by atoms with Gasteiger partial charge in [-0.15, -0.1) is 0 Å². The normalized spacial score (nSPS) is 12.9. The van der Waals surface area contributed by atoms with Crippen LogP contribution < -0.4 is 10.5 Å². The fraction of sp³-hybridized carbons (Fsp3) is 0.533. The molecule has 1 rings (SSSR count). The molecule has 1 aromatic carbocycles. The lowest BCUT2D eigenvalue weighted by Crippen LogP contribution is -2.42. The number of carbonyl (C=O) groups is 1. The molecule has 0 aliphatic heterocycles. The van der Waals surface area contributed by atoms with Crippen LogP contribution in [0.5, 0.6) is 5.75 Å². The van der Waals surface area contributed by atoms with E-state index < -0.39 is 0 Å². The Bertz CT molecular complexity index is 464. The van der Waals surface area contributed by atoms with Crippen LogP contribution in [0.2, 0.25) is 0 Å². The zero-order valence-electron chi connectivity index (χ0n) is 12.7. The molecule has 0 fully saturated rings. The van der Waals surface area contributed by atoms with Crippen molar-refractivity contribution in [2.24, 2.45) is 5.41 Å². The molecule has 0 saturated carbocycles. The lowest BCUT2D eigenvalue weighted by atomic mass is 9.87. The van der Waals surface area contributed by atoms with Gasteiger partial charge in [0.15, 0.2) is 0 Å². The molecule has 106 valence electrons. The van der Waals surface area contributed by atoms with Gasteiger partial charge in [-0.3, -0.25) is 4.79 Å². The molecule has 0 saturated heterocycles. The van der Waals surface area contributed by atoms with E-state index >= 15 is 0 Å². The number of ether oxygens (including phenoxy) is 1. The number of nitrogen functional groups attached to an aromatic ring is 1. The van der Waals surface area contributed by atoms with Gasteiger partial charge in [-0.25, -0.2) is 0 Å². The number of rotatable bonds is 3. The Morgan fingerprint density at radius 2 is 1.95 bits per heavy atom. The van der Waals surface area contributed by atoms with Gasteiger partial charge < -0.3 is 15.4 Å². The number of hydrogen-bond donors (Lipinski definition) is 1. The zero-order valence-corrected chi connectivity index (χ0v) is 12.7. The quantitative estimate of drug-likeness (QED) is 0.854. The summed E-state index contributed by atoms with van der Waals surface area (Å²) < 4.78 is 5.15. The average Bonchev–Trinajstić information content (AvgIpc) is 2.35. The Morgan fingerprint density at radius 3 is 2.42 bits per heavy atom. The lowest BCUT2D eigenvalue weighted by Gasteiger charge is -2.35. The molecular formula is C15H24N2O2. The van der Waals surface area contributed by atoms with Crippen LogP contribution in [0.3, 0.4) is 0 Å². The van der Waals surface area contributed by atoms with Crippen LogP contribution in [-0.4, -0.2) is 31.0 Å². The van der Waals surface area contributed by atoms with Crippen LogP contribution in [0.15, 0.2) is 18.2 Å². The fourth-order valence-corrected chi connectivity index (χ4v) is 1.80. The average molecular weight is 264 g/mol. The molecule has 1 atom stereocenters. The lowest BCUT2D eigenvalue weighted by molar-refractivity contribution is 0.0629. The number of nitrogens with two attached hydrogens (primary N) is 1. The van der Waals surface area contributed by atoms with E-state index in [2.05, 4.69) is 20.8 Å². The first-order chi connectivity index (χ1) is 8.68. The highest BCUT2D eigenvalue weighted by Crippen LogP contribution is 2.26. The number of carbonyl (C=O) groups excluding carboxylic acids is 1. The first kappa shape index (κ1) is 15.3. The van der Waals surface area contributed by atoms with Crippen molar-refractivity contribution >= 4 is 11.6 Å². The van der Waals surface area contributed by atoms with Gasteiger partial charge in [0.05, 0.1) is 12.8 Å². The van der Waals surface area contributed by atoms with Crippen molar-refractivity contribution in [2.45, 2.75) is 33.7 Å². The fourth-order valence-electron chi connectivity index (χ4n) is 1.80. The summed E-state index contributed by atoms with van der Waals surface area (Å²) in [4.78, 5) is 14.2. The highest BCUT2D eigenvalue weighted by molar-refractivity contribution is 5.95. The van der Waals surface area contributed by atoms with Gasteiger partial charge in [-0.2, -0.15) is 0 Å². The van der Waals surface area contributed by atoms with Crippen LogP contribution >= 0.6 is 0 Å². The molecule has 0 aromatic heterocycles. The molecule has 0 aliphatic rings. The second-order valence-corrected chi connectivity index (χ2v) is 5.91. The molecule has 19 heavy (non-hydrogen) atoms. The molecular weight excluding hydrogens is 240 g/mol. The van der Waals surface area contributed by atoms with Gasteiger partial charge in [0.2, 0.25) is 0 Å². The summed E-state index contributed by atoms with van der Waals surface area (Å²) in [5.74, 6) is 0.503. The van der Waals surface area contributed by atoms with Crippen LogP contribution in [0.1, 0.15) is 38.1 Å². The third-order valence-electron chi connectivity index (χ3n) is 3.64. The highest BCUT2D eigenvalue weighted by atomic mass is 16.5. The third kappa shape index (κ3) is 3.40. The van der Waals surface area contributed by atoms with Gasteiger partial charge in [0.1, 0.15) is 5.75 Å². The van der Waals surface area contributed by atoms with E-state index in [4.69, 9.17) is 10.5 Å². The standard InChI is InChI=1S/C15H24N2O2/c1-10(15(2,3)4)17(5)14(18)11-7-8-12(16)13(9-11)19-6/h7-10H,16H2,1-6H3. The minimum atomic E-state index is -0.0271. The molecule has 0 heterocycles. The van der Waals surface area contributed by atoms with Crippen LogP contribution in [0.4, 0.5) is 5.69 Å². The highest BCUT2D eigenvalue weighted by Gasteiger charge is 2.27. The van der Waals surface area contributed by atoms with Crippen LogP contribution in [0.25, 0.3) is 0 Å².